The van der Waals surface area contributed by atoms with Crippen molar-refractivity contribution >= 4 is 17.6 Å². The molecule has 0 fully saturated rings. The molecule has 0 unspecified atom stereocenters. The molecule has 0 aliphatic carbocycles. The van der Waals surface area contributed by atoms with Gasteiger partial charge in [-0.2, -0.15) is 4.98 Å². The summed E-state index contributed by atoms with van der Waals surface area (Å²) in [6.07, 6.45) is 0.591. The quantitative estimate of drug-likeness (QED) is 0.432. The van der Waals surface area contributed by atoms with Gasteiger partial charge < -0.3 is 19.9 Å². The molecule has 8 heteroatoms. The Morgan fingerprint density at radius 3 is 2.55 bits per heavy atom. The minimum atomic E-state index is 0.553. The monoisotopic (exact) mass is 413 g/mol. The summed E-state index contributed by atoms with van der Waals surface area (Å²) in [5.41, 5.74) is 1.97. The van der Waals surface area contributed by atoms with E-state index in [1.807, 2.05) is 43.3 Å². The Hall–Kier alpha value is -3.06. The van der Waals surface area contributed by atoms with Crippen molar-refractivity contribution in [2.75, 3.05) is 20.2 Å². The van der Waals surface area contributed by atoms with Gasteiger partial charge in [0.15, 0.2) is 5.96 Å². The van der Waals surface area contributed by atoms with Crippen LogP contribution in [0.1, 0.15) is 18.4 Å². The molecule has 0 saturated carbocycles. The van der Waals surface area contributed by atoms with Gasteiger partial charge in [0, 0.05) is 30.1 Å². The summed E-state index contributed by atoms with van der Waals surface area (Å²) in [6.45, 7) is 3.99. The first-order valence-electron chi connectivity index (χ1n) is 9.41. The molecule has 0 aliphatic rings. The number of aliphatic imine (C=N–C) groups is 1. The number of hydrogen-bond acceptors (Lipinski definition) is 5. The van der Waals surface area contributed by atoms with Gasteiger partial charge in [-0.25, -0.2) is 4.99 Å². The van der Waals surface area contributed by atoms with E-state index in [0.717, 1.165) is 29.4 Å². The third kappa shape index (κ3) is 6.22. The van der Waals surface area contributed by atoms with E-state index in [9.17, 15) is 0 Å². The van der Waals surface area contributed by atoms with Crippen LogP contribution in [0.15, 0.2) is 58.0 Å². The maximum absolute atomic E-state index is 5.91. The Morgan fingerprint density at radius 2 is 1.86 bits per heavy atom. The van der Waals surface area contributed by atoms with E-state index in [0.29, 0.717) is 36.2 Å². The van der Waals surface area contributed by atoms with E-state index in [2.05, 4.69) is 25.8 Å². The molecule has 1 aromatic heterocycles. The van der Waals surface area contributed by atoms with Gasteiger partial charge in [0.05, 0.1) is 13.7 Å². The molecule has 2 N–H and O–H groups in total. The van der Waals surface area contributed by atoms with Crippen LogP contribution in [-0.2, 0) is 13.0 Å². The van der Waals surface area contributed by atoms with Crippen LogP contribution in [0.25, 0.3) is 11.4 Å². The van der Waals surface area contributed by atoms with E-state index < -0.39 is 0 Å². The Balaban J connectivity index is 1.53. The van der Waals surface area contributed by atoms with Crippen molar-refractivity contribution in [3.05, 3.63) is 65.0 Å². The highest BCUT2D eigenvalue weighted by molar-refractivity contribution is 6.30. The second kappa shape index (κ2) is 10.5. The number of halogens is 1. The smallest absolute Gasteiger partial charge is 0.228 e. The number of hydrogen-bond donors (Lipinski definition) is 2. The number of rotatable bonds is 8. The zero-order valence-electron chi connectivity index (χ0n) is 16.5. The molecule has 0 bridgehead atoms. The maximum Gasteiger partial charge on any atom is 0.228 e. The number of nitrogens with one attached hydrogen (secondary N) is 2. The largest absolute Gasteiger partial charge is 0.497 e. The molecule has 152 valence electrons. The van der Waals surface area contributed by atoms with Gasteiger partial charge in [0.2, 0.25) is 11.7 Å². The Labute approximate surface area is 175 Å². The Kier molecular flexibility index (Phi) is 7.47. The number of guanidine groups is 1. The lowest BCUT2D eigenvalue weighted by molar-refractivity contribution is 0.378. The van der Waals surface area contributed by atoms with Gasteiger partial charge >= 0.3 is 0 Å². The lowest BCUT2D eigenvalue weighted by Crippen LogP contribution is -2.38. The molecule has 0 spiro atoms. The first-order valence-corrected chi connectivity index (χ1v) is 9.79. The normalized spacial score (nSPS) is 11.3. The van der Waals surface area contributed by atoms with Crippen molar-refractivity contribution in [2.45, 2.75) is 19.9 Å². The van der Waals surface area contributed by atoms with Gasteiger partial charge in [-0.15, -0.1) is 0 Å². The molecule has 29 heavy (non-hydrogen) atoms. The van der Waals surface area contributed by atoms with Gasteiger partial charge in [0.1, 0.15) is 5.75 Å². The minimum absolute atomic E-state index is 0.553. The van der Waals surface area contributed by atoms with Crippen LogP contribution >= 0.6 is 11.6 Å². The Bertz CT molecular complexity index is 923. The summed E-state index contributed by atoms with van der Waals surface area (Å²) in [5, 5.41) is 11.2. The van der Waals surface area contributed by atoms with Crippen molar-refractivity contribution in [1.82, 2.24) is 20.8 Å². The highest BCUT2D eigenvalue weighted by atomic mass is 35.5. The van der Waals surface area contributed by atoms with Crippen molar-refractivity contribution in [1.29, 1.82) is 0 Å². The van der Waals surface area contributed by atoms with Crippen molar-refractivity contribution in [3.63, 3.8) is 0 Å². The zero-order valence-corrected chi connectivity index (χ0v) is 17.2. The average Bonchev–Trinajstić information content (AvgIpc) is 3.22. The maximum atomic E-state index is 5.91. The number of benzene rings is 2. The topological polar surface area (TPSA) is 84.6 Å². The molecule has 0 amide bonds. The second-order valence-corrected chi connectivity index (χ2v) is 6.68. The molecular formula is C21H24ClN5O2. The molecule has 3 aromatic rings. The summed E-state index contributed by atoms with van der Waals surface area (Å²) >= 11 is 5.91. The highest BCUT2D eigenvalue weighted by Gasteiger charge is 2.09. The fourth-order valence-electron chi connectivity index (χ4n) is 2.60. The van der Waals surface area contributed by atoms with Gasteiger partial charge in [-0.3, -0.25) is 0 Å². The average molecular weight is 414 g/mol. The molecule has 7 nitrogen and oxygen atoms in total. The van der Waals surface area contributed by atoms with E-state index in [1.165, 1.54) is 0 Å². The number of aromatic nitrogens is 2. The first kappa shape index (κ1) is 20.7. The van der Waals surface area contributed by atoms with Crippen LogP contribution in [0.4, 0.5) is 0 Å². The molecular weight excluding hydrogens is 390 g/mol. The van der Waals surface area contributed by atoms with Crippen LogP contribution < -0.4 is 15.4 Å². The summed E-state index contributed by atoms with van der Waals surface area (Å²) in [5.74, 6) is 2.69. The molecule has 2 aromatic carbocycles. The lowest BCUT2D eigenvalue weighted by Gasteiger charge is -2.10. The number of ether oxygens (including phenoxy) is 1. The fourth-order valence-corrected chi connectivity index (χ4v) is 2.73. The van der Waals surface area contributed by atoms with Crippen LogP contribution in [0.3, 0.4) is 0 Å². The molecule has 3 rings (SSSR count). The minimum Gasteiger partial charge on any atom is -0.497 e. The van der Waals surface area contributed by atoms with E-state index in [4.69, 9.17) is 20.9 Å². The summed E-state index contributed by atoms with van der Waals surface area (Å²) in [7, 11) is 1.65. The zero-order chi connectivity index (χ0) is 20.5. The molecule has 0 radical (unpaired) electrons. The van der Waals surface area contributed by atoms with Crippen molar-refractivity contribution < 1.29 is 9.26 Å². The predicted molar refractivity (Wildman–Crippen MR) is 114 cm³/mol. The number of methoxy groups -OCH3 is 1. The van der Waals surface area contributed by atoms with Crippen molar-refractivity contribution in [2.24, 2.45) is 4.99 Å². The standard InChI is InChI=1S/C21H24ClN5O2/c1-3-23-21(25-14-15-4-10-18(28-2)11-5-15)24-13-12-19-26-20(27-29-19)16-6-8-17(22)9-7-16/h4-11H,3,12-14H2,1-2H3,(H2,23,24,25). The predicted octanol–water partition coefficient (Wildman–Crippen LogP) is 3.70. The lowest BCUT2D eigenvalue weighted by atomic mass is 10.2. The molecule has 0 saturated heterocycles. The van der Waals surface area contributed by atoms with Crippen LogP contribution in [0, 0.1) is 0 Å². The van der Waals surface area contributed by atoms with Crippen LogP contribution in [0.2, 0.25) is 5.02 Å². The summed E-state index contributed by atoms with van der Waals surface area (Å²) in [6, 6.07) is 15.2. The molecule has 1 heterocycles. The molecule has 0 aliphatic heterocycles. The van der Waals surface area contributed by atoms with E-state index >= 15 is 0 Å². The molecule has 0 atom stereocenters. The van der Waals surface area contributed by atoms with Gasteiger partial charge in [-0.1, -0.05) is 28.9 Å². The summed E-state index contributed by atoms with van der Waals surface area (Å²) in [4.78, 5) is 9.04. The SMILES string of the molecule is CCNC(=NCc1ccc(OC)cc1)NCCc1nc(-c2ccc(Cl)cc2)no1. The van der Waals surface area contributed by atoms with Crippen LogP contribution in [0.5, 0.6) is 5.75 Å². The second-order valence-electron chi connectivity index (χ2n) is 6.24. The summed E-state index contributed by atoms with van der Waals surface area (Å²) < 4.78 is 10.5. The Morgan fingerprint density at radius 1 is 1.10 bits per heavy atom. The van der Waals surface area contributed by atoms with Crippen molar-refractivity contribution in [3.8, 4) is 17.1 Å². The van der Waals surface area contributed by atoms with Crippen LogP contribution in [-0.4, -0.2) is 36.3 Å². The number of nitrogens with zero attached hydrogens (tertiary/aromatic N) is 3. The third-order valence-corrected chi connectivity index (χ3v) is 4.38. The highest BCUT2D eigenvalue weighted by Crippen LogP contribution is 2.18. The first-order chi connectivity index (χ1) is 14.2. The van der Waals surface area contributed by atoms with Gasteiger partial charge in [0.25, 0.3) is 0 Å². The fraction of sp³-hybridized carbons (Fsp3) is 0.286. The van der Waals surface area contributed by atoms with E-state index in [1.54, 1.807) is 19.2 Å². The third-order valence-electron chi connectivity index (χ3n) is 4.12. The van der Waals surface area contributed by atoms with E-state index in [-0.39, 0.29) is 0 Å². The van der Waals surface area contributed by atoms with Gasteiger partial charge in [-0.05, 0) is 48.9 Å².